The van der Waals surface area contributed by atoms with Crippen LogP contribution >= 0.6 is 0 Å². The SMILES string of the molecule is CCC1CCCC(Nc2cccc(N)c2C)C1. The largest absolute Gasteiger partial charge is 0.398 e. The smallest absolute Gasteiger partial charge is 0.0392 e. The van der Waals surface area contributed by atoms with Crippen LogP contribution in [-0.4, -0.2) is 6.04 Å². The fourth-order valence-corrected chi connectivity index (χ4v) is 2.82. The molecule has 0 spiro atoms. The third kappa shape index (κ3) is 2.93. The van der Waals surface area contributed by atoms with E-state index in [1.54, 1.807) is 0 Å². The quantitative estimate of drug-likeness (QED) is 0.774. The molecule has 94 valence electrons. The molecule has 3 N–H and O–H groups in total. The van der Waals surface area contributed by atoms with Crippen LogP contribution in [0, 0.1) is 12.8 Å². The van der Waals surface area contributed by atoms with E-state index in [2.05, 4.69) is 25.2 Å². The molecule has 2 unspecified atom stereocenters. The third-order valence-corrected chi connectivity index (χ3v) is 4.10. The molecule has 1 aromatic carbocycles. The maximum atomic E-state index is 5.94. The Morgan fingerprint density at radius 1 is 1.35 bits per heavy atom. The van der Waals surface area contributed by atoms with E-state index in [1.165, 1.54) is 43.4 Å². The molecular weight excluding hydrogens is 208 g/mol. The lowest BCUT2D eigenvalue weighted by atomic mass is 9.84. The summed E-state index contributed by atoms with van der Waals surface area (Å²) >= 11 is 0. The average Bonchev–Trinajstić information content (AvgIpc) is 2.35. The lowest BCUT2D eigenvalue weighted by molar-refractivity contribution is 0.327. The van der Waals surface area contributed by atoms with Crippen molar-refractivity contribution in [2.24, 2.45) is 5.92 Å². The number of nitrogens with two attached hydrogens (primary N) is 1. The van der Waals surface area contributed by atoms with Crippen LogP contribution in [0.2, 0.25) is 0 Å². The van der Waals surface area contributed by atoms with Crippen LogP contribution in [0.5, 0.6) is 0 Å². The van der Waals surface area contributed by atoms with Gasteiger partial charge in [-0.3, -0.25) is 0 Å². The Morgan fingerprint density at radius 2 is 2.18 bits per heavy atom. The van der Waals surface area contributed by atoms with Crippen molar-refractivity contribution >= 4 is 11.4 Å². The molecule has 2 rings (SSSR count). The van der Waals surface area contributed by atoms with Crippen molar-refractivity contribution in [1.29, 1.82) is 0 Å². The average molecular weight is 232 g/mol. The lowest BCUT2D eigenvalue weighted by Crippen LogP contribution is -2.27. The summed E-state index contributed by atoms with van der Waals surface area (Å²) in [5.74, 6) is 0.905. The first-order chi connectivity index (χ1) is 8.20. The molecule has 2 atom stereocenters. The predicted octanol–water partition coefficient (Wildman–Crippen LogP) is 3.96. The first-order valence-corrected chi connectivity index (χ1v) is 6.82. The van der Waals surface area contributed by atoms with E-state index in [0.29, 0.717) is 6.04 Å². The summed E-state index contributed by atoms with van der Waals surface area (Å²) < 4.78 is 0. The van der Waals surface area contributed by atoms with Gasteiger partial charge in [0.15, 0.2) is 0 Å². The van der Waals surface area contributed by atoms with Gasteiger partial charge in [-0.05, 0) is 43.4 Å². The first kappa shape index (κ1) is 12.3. The standard InChI is InChI=1S/C15H24N2/c1-3-12-6-4-7-13(10-12)17-15-9-5-8-14(16)11(15)2/h5,8-9,12-13,17H,3-4,6-7,10,16H2,1-2H3. The van der Waals surface area contributed by atoms with Gasteiger partial charge < -0.3 is 11.1 Å². The van der Waals surface area contributed by atoms with Crippen LogP contribution in [0.3, 0.4) is 0 Å². The monoisotopic (exact) mass is 232 g/mol. The molecule has 0 amide bonds. The molecule has 0 saturated heterocycles. The van der Waals surface area contributed by atoms with Crippen LogP contribution in [0.25, 0.3) is 0 Å². The summed E-state index contributed by atoms with van der Waals surface area (Å²) in [6.45, 7) is 4.40. The van der Waals surface area contributed by atoms with Gasteiger partial charge in [0.25, 0.3) is 0 Å². The van der Waals surface area contributed by atoms with Crippen molar-refractivity contribution in [1.82, 2.24) is 0 Å². The molecule has 0 bridgehead atoms. The van der Waals surface area contributed by atoms with Crippen LogP contribution in [0.15, 0.2) is 18.2 Å². The molecule has 0 heterocycles. The second kappa shape index (κ2) is 5.44. The van der Waals surface area contributed by atoms with Gasteiger partial charge in [0.05, 0.1) is 0 Å². The van der Waals surface area contributed by atoms with Crippen molar-refractivity contribution in [3.8, 4) is 0 Å². The summed E-state index contributed by atoms with van der Waals surface area (Å²) in [4.78, 5) is 0. The Morgan fingerprint density at radius 3 is 2.94 bits per heavy atom. The molecule has 17 heavy (non-hydrogen) atoms. The van der Waals surface area contributed by atoms with Gasteiger partial charge in [-0.15, -0.1) is 0 Å². The predicted molar refractivity (Wildman–Crippen MR) is 75.3 cm³/mol. The normalized spacial score (nSPS) is 24.6. The number of hydrogen-bond acceptors (Lipinski definition) is 2. The maximum absolute atomic E-state index is 5.94. The molecule has 0 radical (unpaired) electrons. The highest BCUT2D eigenvalue weighted by molar-refractivity contribution is 5.63. The topological polar surface area (TPSA) is 38.0 Å². The summed E-state index contributed by atoms with van der Waals surface area (Å²) in [5, 5.41) is 3.67. The Kier molecular flexibility index (Phi) is 3.93. The van der Waals surface area contributed by atoms with Crippen LogP contribution < -0.4 is 11.1 Å². The highest BCUT2D eigenvalue weighted by atomic mass is 14.9. The van der Waals surface area contributed by atoms with E-state index < -0.39 is 0 Å². The van der Waals surface area contributed by atoms with Gasteiger partial charge in [-0.1, -0.05) is 32.3 Å². The number of nitrogen functional groups attached to an aromatic ring is 1. The number of benzene rings is 1. The number of hydrogen-bond donors (Lipinski definition) is 2. The van der Waals surface area contributed by atoms with Crippen molar-refractivity contribution < 1.29 is 0 Å². The van der Waals surface area contributed by atoms with Crippen molar-refractivity contribution in [3.05, 3.63) is 23.8 Å². The Hall–Kier alpha value is -1.18. The highest BCUT2D eigenvalue weighted by Crippen LogP contribution is 2.30. The number of nitrogens with one attached hydrogen (secondary N) is 1. The number of anilines is 2. The molecule has 0 aromatic heterocycles. The Balaban J connectivity index is 2.02. The molecule has 0 aliphatic heterocycles. The van der Waals surface area contributed by atoms with E-state index in [1.807, 2.05) is 12.1 Å². The van der Waals surface area contributed by atoms with E-state index in [9.17, 15) is 0 Å². The molecule has 1 saturated carbocycles. The first-order valence-electron chi connectivity index (χ1n) is 6.82. The van der Waals surface area contributed by atoms with Crippen LogP contribution in [-0.2, 0) is 0 Å². The van der Waals surface area contributed by atoms with Gasteiger partial charge in [-0.25, -0.2) is 0 Å². The molecule has 1 aliphatic rings. The molecule has 1 fully saturated rings. The minimum atomic E-state index is 0.634. The fourth-order valence-electron chi connectivity index (χ4n) is 2.82. The molecule has 2 heteroatoms. The number of rotatable bonds is 3. The van der Waals surface area contributed by atoms with Crippen LogP contribution in [0.1, 0.15) is 44.6 Å². The van der Waals surface area contributed by atoms with E-state index in [4.69, 9.17) is 5.73 Å². The summed E-state index contributed by atoms with van der Waals surface area (Å²) in [7, 11) is 0. The molecular formula is C15H24N2. The second-order valence-electron chi connectivity index (χ2n) is 5.30. The van der Waals surface area contributed by atoms with E-state index in [-0.39, 0.29) is 0 Å². The lowest BCUT2D eigenvalue weighted by Gasteiger charge is -2.30. The highest BCUT2D eigenvalue weighted by Gasteiger charge is 2.20. The van der Waals surface area contributed by atoms with Gasteiger partial charge in [0.1, 0.15) is 0 Å². The zero-order chi connectivity index (χ0) is 12.3. The van der Waals surface area contributed by atoms with Gasteiger partial charge in [0, 0.05) is 17.4 Å². The van der Waals surface area contributed by atoms with Crippen molar-refractivity contribution in [3.63, 3.8) is 0 Å². The van der Waals surface area contributed by atoms with E-state index in [0.717, 1.165) is 11.6 Å². The van der Waals surface area contributed by atoms with Gasteiger partial charge >= 0.3 is 0 Å². The molecule has 2 nitrogen and oxygen atoms in total. The Labute approximate surface area is 105 Å². The summed E-state index contributed by atoms with van der Waals surface area (Å²) in [6, 6.07) is 6.77. The minimum Gasteiger partial charge on any atom is -0.398 e. The maximum Gasteiger partial charge on any atom is 0.0392 e. The van der Waals surface area contributed by atoms with Crippen molar-refractivity contribution in [2.75, 3.05) is 11.1 Å². The zero-order valence-electron chi connectivity index (χ0n) is 11.0. The summed E-state index contributed by atoms with van der Waals surface area (Å²) in [5.41, 5.74) is 9.23. The fraction of sp³-hybridized carbons (Fsp3) is 0.600. The van der Waals surface area contributed by atoms with Gasteiger partial charge in [-0.2, -0.15) is 0 Å². The minimum absolute atomic E-state index is 0.634. The van der Waals surface area contributed by atoms with Crippen molar-refractivity contribution in [2.45, 2.75) is 52.0 Å². The second-order valence-corrected chi connectivity index (χ2v) is 5.30. The Bertz CT molecular complexity index is 373. The zero-order valence-corrected chi connectivity index (χ0v) is 11.0. The van der Waals surface area contributed by atoms with E-state index >= 15 is 0 Å². The third-order valence-electron chi connectivity index (χ3n) is 4.10. The van der Waals surface area contributed by atoms with Gasteiger partial charge in [0.2, 0.25) is 0 Å². The molecule has 1 aliphatic carbocycles. The van der Waals surface area contributed by atoms with Crippen LogP contribution in [0.4, 0.5) is 11.4 Å². The molecule has 1 aromatic rings. The summed E-state index contributed by atoms with van der Waals surface area (Å²) in [6.07, 6.45) is 6.69.